The molecule has 2 N–H and O–H groups in total. The number of nitrogens with one attached hydrogen (secondary N) is 2. The van der Waals surface area contributed by atoms with Crippen molar-refractivity contribution in [1.29, 1.82) is 0 Å². The average molecular weight is 403 g/mol. The van der Waals surface area contributed by atoms with Crippen LogP contribution in [0.15, 0.2) is 34.2 Å². The Morgan fingerprint density at radius 3 is 2.60 bits per heavy atom. The van der Waals surface area contributed by atoms with Crippen LogP contribution in [0.5, 0.6) is 0 Å². The Hall–Kier alpha value is -0.870. The number of guanidine groups is 1. The predicted octanol–water partition coefficient (Wildman–Crippen LogP) is 2.89. The molecule has 1 aromatic rings. The van der Waals surface area contributed by atoms with E-state index < -0.39 is 0 Å². The van der Waals surface area contributed by atoms with E-state index in [0.717, 1.165) is 24.8 Å². The zero-order valence-corrected chi connectivity index (χ0v) is 15.1. The number of thioether (sulfide) groups is 1. The summed E-state index contributed by atoms with van der Waals surface area (Å²) in [6, 6.07) is 8.55. The summed E-state index contributed by atoms with van der Waals surface area (Å²) in [5.41, 5.74) is 1.29. The van der Waals surface area contributed by atoms with E-state index in [9.17, 15) is 0 Å². The number of halogens is 1. The Kier molecular flexibility index (Phi) is 11.4. The van der Waals surface area contributed by atoms with Crippen molar-refractivity contribution in [3.8, 4) is 12.3 Å². The largest absolute Gasteiger partial charge is 0.357 e. The van der Waals surface area contributed by atoms with E-state index in [-0.39, 0.29) is 24.0 Å². The number of aliphatic imine (C=N–C) groups is 1. The third-order valence-electron chi connectivity index (χ3n) is 2.35. The molecule has 0 saturated carbocycles. The highest BCUT2D eigenvalue weighted by Crippen LogP contribution is 2.17. The minimum atomic E-state index is 0. The van der Waals surface area contributed by atoms with Gasteiger partial charge in [0.1, 0.15) is 0 Å². The van der Waals surface area contributed by atoms with Crippen LogP contribution in [0.1, 0.15) is 12.5 Å². The topological polar surface area (TPSA) is 36.4 Å². The predicted molar refractivity (Wildman–Crippen MR) is 100 cm³/mol. The molecule has 0 aliphatic heterocycles. The molecule has 0 spiro atoms. The lowest BCUT2D eigenvalue weighted by atomic mass is 10.2. The zero-order valence-electron chi connectivity index (χ0n) is 12.0. The lowest BCUT2D eigenvalue weighted by molar-refractivity contribution is 0.874. The van der Waals surface area contributed by atoms with Crippen molar-refractivity contribution >= 4 is 41.7 Å². The minimum absolute atomic E-state index is 0. The van der Waals surface area contributed by atoms with Crippen LogP contribution in [0.3, 0.4) is 0 Å². The molecule has 0 fully saturated rings. The highest BCUT2D eigenvalue weighted by atomic mass is 127. The maximum Gasteiger partial charge on any atom is 0.192 e. The van der Waals surface area contributed by atoms with E-state index in [4.69, 9.17) is 6.42 Å². The molecule has 3 nitrogen and oxygen atoms in total. The number of benzene rings is 1. The van der Waals surface area contributed by atoms with E-state index >= 15 is 0 Å². The van der Waals surface area contributed by atoms with Gasteiger partial charge < -0.3 is 10.6 Å². The van der Waals surface area contributed by atoms with Crippen LogP contribution in [0.4, 0.5) is 0 Å². The van der Waals surface area contributed by atoms with Crippen LogP contribution in [0.2, 0.25) is 0 Å². The van der Waals surface area contributed by atoms with E-state index in [1.807, 2.05) is 18.7 Å². The van der Waals surface area contributed by atoms with Crippen LogP contribution >= 0.6 is 35.7 Å². The molecule has 0 radical (unpaired) electrons. The second-order valence-electron chi connectivity index (χ2n) is 3.98. The molecule has 20 heavy (non-hydrogen) atoms. The normalized spacial score (nSPS) is 10.3. The zero-order chi connectivity index (χ0) is 13.9. The van der Waals surface area contributed by atoms with Gasteiger partial charge in [-0.15, -0.1) is 42.2 Å². The first kappa shape index (κ1) is 19.1. The molecule has 5 heteroatoms. The number of terminal acetylenes is 1. The molecule has 1 aromatic carbocycles. The van der Waals surface area contributed by atoms with Crippen LogP contribution in [-0.2, 0) is 0 Å². The summed E-state index contributed by atoms with van der Waals surface area (Å²) in [6.07, 6.45) is 5.22. The van der Waals surface area contributed by atoms with Crippen LogP contribution < -0.4 is 10.6 Å². The first-order valence-corrected chi connectivity index (χ1v) is 7.40. The van der Waals surface area contributed by atoms with Crippen molar-refractivity contribution in [3.63, 3.8) is 0 Å². The van der Waals surface area contributed by atoms with Crippen LogP contribution in [-0.4, -0.2) is 31.3 Å². The molecule has 0 amide bonds. The Balaban J connectivity index is 0.00000361. The third kappa shape index (κ3) is 8.33. The summed E-state index contributed by atoms with van der Waals surface area (Å²) in [4.78, 5) is 5.74. The molecular formula is C15H22IN3S. The molecule has 0 saturated heterocycles. The smallest absolute Gasteiger partial charge is 0.192 e. The highest BCUT2D eigenvalue weighted by molar-refractivity contribution is 14.0. The van der Waals surface area contributed by atoms with Crippen LogP contribution in [0.25, 0.3) is 0 Å². The summed E-state index contributed by atoms with van der Waals surface area (Å²) in [5.74, 6) is 4.28. The van der Waals surface area contributed by atoms with Gasteiger partial charge >= 0.3 is 0 Å². The van der Waals surface area contributed by atoms with Gasteiger partial charge in [-0.2, -0.15) is 0 Å². The van der Waals surface area contributed by atoms with E-state index in [2.05, 4.69) is 52.7 Å². The molecule has 110 valence electrons. The first-order valence-electron chi connectivity index (χ1n) is 6.41. The third-order valence-corrected chi connectivity index (χ3v) is 3.35. The quantitative estimate of drug-likeness (QED) is 0.192. The fraction of sp³-hybridized carbons (Fsp3) is 0.400. The number of nitrogens with zero attached hydrogens (tertiary/aromatic N) is 1. The van der Waals surface area contributed by atoms with E-state index in [1.165, 1.54) is 10.5 Å². The second kappa shape index (κ2) is 11.9. The molecule has 0 aliphatic rings. The molecule has 1 rings (SSSR count). The fourth-order valence-corrected chi connectivity index (χ4v) is 2.18. The van der Waals surface area contributed by atoms with Gasteiger partial charge in [0.25, 0.3) is 0 Å². The van der Waals surface area contributed by atoms with Gasteiger partial charge in [0, 0.05) is 17.2 Å². The summed E-state index contributed by atoms with van der Waals surface area (Å²) in [7, 11) is 0. The molecular weight excluding hydrogens is 381 g/mol. The molecule has 0 heterocycles. The maximum absolute atomic E-state index is 5.22. The molecule has 0 unspecified atom stereocenters. The van der Waals surface area contributed by atoms with Crippen molar-refractivity contribution in [2.24, 2.45) is 4.99 Å². The summed E-state index contributed by atoms with van der Waals surface area (Å²) < 4.78 is 0. The van der Waals surface area contributed by atoms with Crippen LogP contribution in [0, 0.1) is 19.3 Å². The highest BCUT2D eigenvalue weighted by Gasteiger charge is 1.96. The lowest BCUT2D eigenvalue weighted by Crippen LogP contribution is -2.37. The van der Waals surface area contributed by atoms with E-state index in [0.29, 0.717) is 6.54 Å². The number of hydrogen-bond acceptors (Lipinski definition) is 2. The average Bonchev–Trinajstić information content (AvgIpc) is 2.42. The molecule has 0 aromatic heterocycles. The van der Waals surface area contributed by atoms with Gasteiger partial charge in [0.2, 0.25) is 0 Å². The fourth-order valence-electron chi connectivity index (χ4n) is 1.43. The van der Waals surface area contributed by atoms with Gasteiger partial charge in [-0.05, 0) is 26.0 Å². The Morgan fingerprint density at radius 1 is 1.30 bits per heavy atom. The minimum Gasteiger partial charge on any atom is -0.357 e. The molecule has 0 bridgehead atoms. The van der Waals surface area contributed by atoms with Gasteiger partial charge in [-0.3, -0.25) is 4.99 Å². The SMILES string of the molecule is C#CCNC(=NCCSc1ccc(C)cc1)NCC.I. The molecule has 0 aliphatic carbocycles. The van der Waals surface area contributed by atoms with Gasteiger partial charge in [0.05, 0.1) is 13.1 Å². The van der Waals surface area contributed by atoms with Crippen molar-refractivity contribution < 1.29 is 0 Å². The van der Waals surface area contributed by atoms with Gasteiger partial charge in [-0.1, -0.05) is 23.6 Å². The lowest BCUT2D eigenvalue weighted by Gasteiger charge is -2.08. The summed E-state index contributed by atoms with van der Waals surface area (Å²) in [5, 5.41) is 6.23. The second-order valence-corrected chi connectivity index (χ2v) is 5.15. The van der Waals surface area contributed by atoms with Crippen molar-refractivity contribution in [2.75, 3.05) is 25.4 Å². The maximum atomic E-state index is 5.22. The van der Waals surface area contributed by atoms with Gasteiger partial charge in [-0.25, -0.2) is 0 Å². The van der Waals surface area contributed by atoms with E-state index in [1.54, 1.807) is 0 Å². The molecule has 0 atom stereocenters. The Bertz CT molecular complexity index is 437. The van der Waals surface area contributed by atoms with Crippen molar-refractivity contribution in [2.45, 2.75) is 18.7 Å². The number of rotatable bonds is 6. The number of aryl methyl sites for hydroxylation is 1. The van der Waals surface area contributed by atoms with Crippen molar-refractivity contribution in [3.05, 3.63) is 29.8 Å². The van der Waals surface area contributed by atoms with Gasteiger partial charge in [0.15, 0.2) is 5.96 Å². The first-order chi connectivity index (χ1) is 9.26. The monoisotopic (exact) mass is 403 g/mol. The summed E-state index contributed by atoms with van der Waals surface area (Å²) >= 11 is 1.81. The standard InChI is InChI=1S/C15H21N3S.HI/c1-4-10-17-15(16-5-2)18-11-12-19-14-8-6-13(3)7-9-14;/h1,6-9H,5,10-12H2,2-3H3,(H2,16,17,18);1H. The van der Waals surface area contributed by atoms with Crippen molar-refractivity contribution in [1.82, 2.24) is 10.6 Å². The Labute approximate surface area is 143 Å². The number of hydrogen-bond donors (Lipinski definition) is 2. The Morgan fingerprint density at radius 2 is 2.00 bits per heavy atom. The summed E-state index contributed by atoms with van der Waals surface area (Å²) in [6.45, 7) is 6.23.